The van der Waals surface area contributed by atoms with E-state index in [4.69, 9.17) is 14.6 Å². The minimum atomic E-state index is -1.08. The van der Waals surface area contributed by atoms with Crippen LogP contribution < -0.4 is 5.32 Å². The fourth-order valence-electron chi connectivity index (χ4n) is 1.08. The molecule has 0 saturated carbocycles. The maximum absolute atomic E-state index is 11.5. The van der Waals surface area contributed by atoms with Gasteiger partial charge in [0.2, 0.25) is 5.91 Å². The van der Waals surface area contributed by atoms with E-state index in [-0.39, 0.29) is 17.1 Å². The van der Waals surface area contributed by atoms with Crippen molar-refractivity contribution in [3.05, 3.63) is 11.1 Å². The van der Waals surface area contributed by atoms with Crippen LogP contribution >= 0.6 is 0 Å². The molecule has 0 aliphatic heterocycles. The number of nitrogens with one attached hydrogen (secondary N) is 1. The van der Waals surface area contributed by atoms with Crippen LogP contribution in [0.3, 0.4) is 0 Å². The molecule has 0 aliphatic rings. The first-order valence-electron chi connectivity index (χ1n) is 5.76. The van der Waals surface area contributed by atoms with Crippen molar-refractivity contribution in [2.24, 2.45) is 0 Å². The quantitative estimate of drug-likeness (QED) is 0.467. The van der Waals surface area contributed by atoms with Crippen LogP contribution in [0.5, 0.6) is 0 Å². The molecule has 0 fully saturated rings. The highest BCUT2D eigenvalue weighted by Crippen LogP contribution is 2.03. The normalized spacial score (nSPS) is 11.9. The molecule has 0 rings (SSSR count). The van der Waals surface area contributed by atoms with Crippen LogP contribution in [0, 0.1) is 0 Å². The number of methoxy groups -OCH3 is 1. The summed E-state index contributed by atoms with van der Waals surface area (Å²) in [5.74, 6) is -1.43. The van der Waals surface area contributed by atoms with Gasteiger partial charge in [-0.3, -0.25) is 4.79 Å². The standard InChI is InChI=1S/C12H21NO5/c1-9(10(2)12(15)16)11(14)13-5-4-6-18-8-7-17-3/h4-8H2,1-3H3,(H,13,14)(H,15,16). The van der Waals surface area contributed by atoms with Gasteiger partial charge in [-0.15, -0.1) is 0 Å². The molecule has 0 saturated heterocycles. The monoisotopic (exact) mass is 259 g/mol. The largest absolute Gasteiger partial charge is 0.478 e. The van der Waals surface area contributed by atoms with E-state index < -0.39 is 5.97 Å². The molecule has 0 aromatic rings. The maximum atomic E-state index is 11.5. The molecule has 0 spiro atoms. The second kappa shape index (κ2) is 9.61. The number of carboxylic acids is 1. The lowest BCUT2D eigenvalue weighted by molar-refractivity contribution is -0.133. The van der Waals surface area contributed by atoms with E-state index in [1.165, 1.54) is 13.8 Å². The Morgan fingerprint density at radius 2 is 1.78 bits per heavy atom. The number of aliphatic carboxylic acids is 1. The van der Waals surface area contributed by atoms with Crippen LogP contribution in [-0.4, -0.2) is 50.5 Å². The Balaban J connectivity index is 3.78. The van der Waals surface area contributed by atoms with Crippen molar-refractivity contribution in [2.75, 3.05) is 33.5 Å². The Morgan fingerprint density at radius 3 is 2.33 bits per heavy atom. The summed E-state index contributed by atoms with van der Waals surface area (Å²) >= 11 is 0. The van der Waals surface area contributed by atoms with Crippen LogP contribution in [0.1, 0.15) is 20.3 Å². The number of ether oxygens (including phenoxy) is 2. The molecule has 18 heavy (non-hydrogen) atoms. The molecular weight excluding hydrogens is 238 g/mol. The zero-order valence-corrected chi connectivity index (χ0v) is 11.1. The lowest BCUT2D eigenvalue weighted by Gasteiger charge is -2.07. The van der Waals surface area contributed by atoms with E-state index in [0.29, 0.717) is 32.8 Å². The van der Waals surface area contributed by atoms with Crippen molar-refractivity contribution in [1.82, 2.24) is 5.32 Å². The van der Waals surface area contributed by atoms with Crippen LogP contribution in [0.2, 0.25) is 0 Å². The van der Waals surface area contributed by atoms with Gasteiger partial charge in [0.15, 0.2) is 0 Å². The first kappa shape index (κ1) is 16.6. The maximum Gasteiger partial charge on any atom is 0.331 e. The smallest absolute Gasteiger partial charge is 0.331 e. The molecule has 0 unspecified atom stereocenters. The van der Waals surface area contributed by atoms with E-state index in [1.807, 2.05) is 0 Å². The molecule has 0 bridgehead atoms. The summed E-state index contributed by atoms with van der Waals surface area (Å²) in [5.41, 5.74) is 0.284. The predicted molar refractivity (Wildman–Crippen MR) is 66.3 cm³/mol. The summed E-state index contributed by atoms with van der Waals surface area (Å²) in [6.07, 6.45) is 0.675. The summed E-state index contributed by atoms with van der Waals surface area (Å²) in [4.78, 5) is 22.2. The second-order valence-corrected chi connectivity index (χ2v) is 3.77. The molecule has 0 aromatic heterocycles. The van der Waals surface area contributed by atoms with E-state index >= 15 is 0 Å². The van der Waals surface area contributed by atoms with Gasteiger partial charge < -0.3 is 19.9 Å². The van der Waals surface area contributed by atoms with Gasteiger partial charge in [-0.05, 0) is 20.3 Å². The van der Waals surface area contributed by atoms with Crippen LogP contribution in [-0.2, 0) is 19.1 Å². The zero-order chi connectivity index (χ0) is 14.0. The Kier molecular flexibility index (Phi) is 8.86. The summed E-state index contributed by atoms with van der Waals surface area (Å²) in [6, 6.07) is 0. The molecule has 0 aromatic carbocycles. The summed E-state index contributed by atoms with van der Waals surface area (Å²) in [7, 11) is 1.60. The van der Waals surface area contributed by atoms with Crippen LogP contribution in [0.25, 0.3) is 0 Å². The van der Waals surface area contributed by atoms with E-state index in [0.717, 1.165) is 0 Å². The molecule has 0 aliphatic carbocycles. The minimum Gasteiger partial charge on any atom is -0.478 e. The predicted octanol–water partition coefficient (Wildman–Crippen LogP) is 0.577. The Morgan fingerprint density at radius 1 is 1.11 bits per heavy atom. The minimum absolute atomic E-state index is 0.0591. The number of carbonyl (C=O) groups excluding carboxylic acids is 1. The third-order valence-corrected chi connectivity index (χ3v) is 2.41. The topological polar surface area (TPSA) is 84.9 Å². The highest BCUT2D eigenvalue weighted by molar-refractivity contribution is 6.01. The van der Waals surface area contributed by atoms with Crippen molar-refractivity contribution < 1.29 is 24.2 Å². The SMILES string of the molecule is COCCOCCCNC(=O)C(C)=C(C)C(=O)O. The van der Waals surface area contributed by atoms with Gasteiger partial charge in [-0.2, -0.15) is 0 Å². The van der Waals surface area contributed by atoms with Gasteiger partial charge in [0, 0.05) is 31.4 Å². The molecule has 0 radical (unpaired) electrons. The first-order chi connectivity index (χ1) is 8.50. The number of hydrogen-bond acceptors (Lipinski definition) is 4. The molecule has 6 heteroatoms. The molecule has 104 valence electrons. The Bertz CT molecular complexity index is 312. The molecule has 0 heterocycles. The lowest BCUT2D eigenvalue weighted by Crippen LogP contribution is -2.27. The Labute approximate surface area is 107 Å². The van der Waals surface area contributed by atoms with Gasteiger partial charge in [0.05, 0.1) is 13.2 Å². The highest BCUT2D eigenvalue weighted by atomic mass is 16.5. The first-order valence-corrected chi connectivity index (χ1v) is 5.76. The van der Waals surface area contributed by atoms with Gasteiger partial charge in [0.25, 0.3) is 0 Å². The van der Waals surface area contributed by atoms with Crippen molar-refractivity contribution in [3.63, 3.8) is 0 Å². The average Bonchev–Trinajstić information content (AvgIpc) is 2.35. The number of rotatable bonds is 9. The third kappa shape index (κ3) is 7.03. The van der Waals surface area contributed by atoms with Crippen LogP contribution in [0.4, 0.5) is 0 Å². The molecule has 0 atom stereocenters. The fourth-order valence-corrected chi connectivity index (χ4v) is 1.08. The van der Waals surface area contributed by atoms with E-state index in [1.54, 1.807) is 7.11 Å². The lowest BCUT2D eigenvalue weighted by atomic mass is 10.1. The van der Waals surface area contributed by atoms with Crippen molar-refractivity contribution in [2.45, 2.75) is 20.3 Å². The molecule has 1 amide bonds. The van der Waals surface area contributed by atoms with E-state index in [9.17, 15) is 9.59 Å². The van der Waals surface area contributed by atoms with Crippen molar-refractivity contribution >= 4 is 11.9 Å². The summed E-state index contributed by atoms with van der Waals surface area (Å²) in [5, 5.41) is 11.4. The number of amides is 1. The number of carbonyl (C=O) groups is 2. The van der Waals surface area contributed by atoms with Gasteiger partial charge >= 0.3 is 5.97 Å². The van der Waals surface area contributed by atoms with Crippen molar-refractivity contribution in [3.8, 4) is 0 Å². The Hall–Kier alpha value is -1.40. The average molecular weight is 259 g/mol. The fraction of sp³-hybridized carbons (Fsp3) is 0.667. The second-order valence-electron chi connectivity index (χ2n) is 3.77. The number of hydrogen-bond donors (Lipinski definition) is 2. The zero-order valence-electron chi connectivity index (χ0n) is 11.1. The van der Waals surface area contributed by atoms with Crippen molar-refractivity contribution in [1.29, 1.82) is 0 Å². The molecular formula is C12H21NO5. The third-order valence-electron chi connectivity index (χ3n) is 2.41. The summed E-state index contributed by atoms with van der Waals surface area (Å²) < 4.78 is 10.0. The van der Waals surface area contributed by atoms with Gasteiger partial charge in [-0.1, -0.05) is 0 Å². The van der Waals surface area contributed by atoms with Crippen LogP contribution in [0.15, 0.2) is 11.1 Å². The van der Waals surface area contributed by atoms with E-state index in [2.05, 4.69) is 5.32 Å². The van der Waals surface area contributed by atoms with Gasteiger partial charge in [0.1, 0.15) is 0 Å². The molecule has 2 N–H and O–H groups in total. The highest BCUT2D eigenvalue weighted by Gasteiger charge is 2.11. The number of carboxylic acid groups (broad SMARTS) is 1. The summed E-state index contributed by atoms with van der Waals surface area (Å²) in [6.45, 7) is 4.97. The van der Waals surface area contributed by atoms with Gasteiger partial charge in [-0.25, -0.2) is 4.79 Å². The molecule has 6 nitrogen and oxygen atoms in total.